The highest BCUT2D eigenvalue weighted by atomic mass is 35.5. The highest BCUT2D eigenvalue weighted by Crippen LogP contribution is 2.18. The van der Waals surface area contributed by atoms with Gasteiger partial charge < -0.3 is 15.8 Å². The van der Waals surface area contributed by atoms with Crippen LogP contribution in [0.2, 0.25) is 0 Å². The Hall–Kier alpha value is -0.360. The average Bonchev–Trinajstić information content (AvgIpc) is 2.42. The lowest BCUT2D eigenvalue weighted by atomic mass is 9.99. The van der Waals surface area contributed by atoms with Gasteiger partial charge in [0, 0.05) is 25.3 Å². The molecule has 2 heterocycles. The summed E-state index contributed by atoms with van der Waals surface area (Å²) in [5, 5.41) is 3.14. The van der Waals surface area contributed by atoms with Crippen LogP contribution in [0.3, 0.4) is 0 Å². The lowest BCUT2D eigenvalue weighted by Crippen LogP contribution is -2.49. The molecule has 0 aromatic rings. The van der Waals surface area contributed by atoms with E-state index >= 15 is 0 Å². The van der Waals surface area contributed by atoms with Crippen molar-refractivity contribution in [2.45, 2.75) is 50.6 Å². The molecule has 0 aromatic carbocycles. The molecule has 1 atom stereocenters. The molecular weight excluding hydrogens is 278 g/mol. The predicted molar refractivity (Wildman–Crippen MR) is 82.1 cm³/mol. The van der Waals surface area contributed by atoms with E-state index in [4.69, 9.17) is 10.5 Å². The Balaban J connectivity index is 0.00000200. The molecular formula is C14H28ClN3O2. The summed E-state index contributed by atoms with van der Waals surface area (Å²) in [6.45, 7) is 3.81. The van der Waals surface area contributed by atoms with Gasteiger partial charge in [0.2, 0.25) is 5.91 Å². The van der Waals surface area contributed by atoms with Crippen LogP contribution in [-0.4, -0.2) is 55.7 Å². The van der Waals surface area contributed by atoms with E-state index < -0.39 is 0 Å². The van der Waals surface area contributed by atoms with Gasteiger partial charge >= 0.3 is 0 Å². The minimum Gasteiger partial charge on any atom is -0.381 e. The van der Waals surface area contributed by atoms with E-state index in [1.165, 1.54) is 19.3 Å². The number of halogens is 1. The molecule has 2 saturated heterocycles. The summed E-state index contributed by atoms with van der Waals surface area (Å²) in [5.41, 5.74) is 5.66. The van der Waals surface area contributed by atoms with Crippen molar-refractivity contribution in [3.8, 4) is 0 Å². The van der Waals surface area contributed by atoms with Crippen LogP contribution in [0.25, 0.3) is 0 Å². The topological polar surface area (TPSA) is 67.6 Å². The van der Waals surface area contributed by atoms with E-state index in [0.717, 1.165) is 39.0 Å². The average molecular weight is 306 g/mol. The monoisotopic (exact) mass is 305 g/mol. The fraction of sp³-hybridized carbons (Fsp3) is 0.929. The molecule has 5 nitrogen and oxygen atoms in total. The quantitative estimate of drug-likeness (QED) is 0.792. The normalized spacial score (nSPS) is 24.9. The number of nitrogens with zero attached hydrogens (tertiary/aromatic N) is 1. The summed E-state index contributed by atoms with van der Waals surface area (Å²) in [4.78, 5) is 14.4. The number of nitrogens with two attached hydrogens (primary N) is 1. The molecule has 1 unspecified atom stereocenters. The first kappa shape index (κ1) is 17.7. The van der Waals surface area contributed by atoms with Gasteiger partial charge in [-0.15, -0.1) is 12.4 Å². The van der Waals surface area contributed by atoms with Crippen molar-refractivity contribution < 1.29 is 9.53 Å². The third-order valence-corrected chi connectivity index (χ3v) is 4.18. The lowest BCUT2D eigenvalue weighted by molar-refractivity contribution is -0.124. The fourth-order valence-electron chi connectivity index (χ4n) is 3.09. The lowest BCUT2D eigenvalue weighted by Gasteiger charge is -2.35. The van der Waals surface area contributed by atoms with Gasteiger partial charge in [-0.2, -0.15) is 0 Å². The molecule has 1 amide bonds. The first-order valence-electron chi connectivity index (χ1n) is 7.61. The number of rotatable bonds is 5. The molecule has 20 heavy (non-hydrogen) atoms. The molecule has 2 aliphatic heterocycles. The fourth-order valence-corrected chi connectivity index (χ4v) is 3.09. The van der Waals surface area contributed by atoms with E-state index in [1.807, 2.05) is 0 Å². The number of hydrogen-bond acceptors (Lipinski definition) is 4. The standard InChI is InChI=1S/C14H27N3O2.ClH/c15-7-4-13-3-1-2-8-17(13)11-14(18)16-12-5-9-19-10-6-12;/h12-13H,1-11,15H2,(H,16,18);1H. The maximum atomic E-state index is 12.1. The van der Waals surface area contributed by atoms with Gasteiger partial charge in [-0.25, -0.2) is 0 Å². The number of nitrogens with one attached hydrogen (secondary N) is 1. The zero-order valence-electron chi connectivity index (χ0n) is 12.2. The first-order chi connectivity index (χ1) is 9.29. The summed E-state index contributed by atoms with van der Waals surface area (Å²) >= 11 is 0. The Kier molecular flexibility index (Phi) is 8.45. The number of likely N-dealkylation sites (tertiary alicyclic amines) is 1. The van der Waals surface area contributed by atoms with Crippen molar-refractivity contribution in [3.63, 3.8) is 0 Å². The minimum atomic E-state index is 0. The van der Waals surface area contributed by atoms with E-state index in [2.05, 4.69) is 10.2 Å². The molecule has 2 rings (SSSR count). The van der Waals surface area contributed by atoms with Crippen molar-refractivity contribution >= 4 is 18.3 Å². The molecule has 0 radical (unpaired) electrons. The first-order valence-corrected chi connectivity index (χ1v) is 7.61. The molecule has 0 aromatic heterocycles. The Morgan fingerprint density at radius 2 is 2.00 bits per heavy atom. The molecule has 0 saturated carbocycles. The SMILES string of the molecule is Cl.NCCC1CCCCN1CC(=O)NC1CCOCC1. The Morgan fingerprint density at radius 3 is 2.70 bits per heavy atom. The highest BCUT2D eigenvalue weighted by Gasteiger charge is 2.24. The van der Waals surface area contributed by atoms with Crippen LogP contribution >= 0.6 is 12.4 Å². The van der Waals surface area contributed by atoms with Crippen molar-refractivity contribution in [1.82, 2.24) is 10.2 Å². The smallest absolute Gasteiger partial charge is 0.234 e. The Labute approximate surface area is 128 Å². The van der Waals surface area contributed by atoms with Crippen LogP contribution in [-0.2, 0) is 9.53 Å². The van der Waals surface area contributed by atoms with Crippen LogP contribution in [0.4, 0.5) is 0 Å². The highest BCUT2D eigenvalue weighted by molar-refractivity contribution is 5.85. The van der Waals surface area contributed by atoms with Crippen LogP contribution in [0.1, 0.15) is 38.5 Å². The molecule has 2 fully saturated rings. The predicted octanol–water partition coefficient (Wildman–Crippen LogP) is 0.907. The number of carbonyl (C=O) groups is 1. The maximum Gasteiger partial charge on any atom is 0.234 e. The van der Waals surface area contributed by atoms with E-state index in [9.17, 15) is 4.79 Å². The third kappa shape index (κ3) is 5.56. The number of piperidine rings is 1. The van der Waals surface area contributed by atoms with Gasteiger partial charge in [-0.05, 0) is 45.2 Å². The van der Waals surface area contributed by atoms with Crippen LogP contribution < -0.4 is 11.1 Å². The Morgan fingerprint density at radius 1 is 1.25 bits per heavy atom. The van der Waals surface area contributed by atoms with Crippen LogP contribution in [0, 0.1) is 0 Å². The van der Waals surface area contributed by atoms with Crippen molar-refractivity contribution in [3.05, 3.63) is 0 Å². The van der Waals surface area contributed by atoms with Gasteiger partial charge in [0.1, 0.15) is 0 Å². The summed E-state index contributed by atoms with van der Waals surface area (Å²) < 4.78 is 5.30. The number of amides is 1. The number of carbonyl (C=O) groups excluding carboxylic acids is 1. The van der Waals surface area contributed by atoms with Gasteiger partial charge in [-0.3, -0.25) is 9.69 Å². The summed E-state index contributed by atoms with van der Waals surface area (Å²) in [5.74, 6) is 0.163. The zero-order valence-corrected chi connectivity index (χ0v) is 13.0. The number of hydrogen-bond donors (Lipinski definition) is 2. The summed E-state index contributed by atoms with van der Waals surface area (Å²) in [7, 11) is 0. The van der Waals surface area contributed by atoms with Gasteiger partial charge in [-0.1, -0.05) is 6.42 Å². The van der Waals surface area contributed by atoms with Gasteiger partial charge in [0.05, 0.1) is 6.54 Å². The van der Waals surface area contributed by atoms with Crippen molar-refractivity contribution in [2.24, 2.45) is 5.73 Å². The number of ether oxygens (including phenoxy) is 1. The molecule has 118 valence electrons. The Bertz CT molecular complexity index is 284. The summed E-state index contributed by atoms with van der Waals surface area (Å²) in [6, 6.07) is 0.804. The maximum absolute atomic E-state index is 12.1. The van der Waals surface area contributed by atoms with E-state index in [0.29, 0.717) is 25.2 Å². The van der Waals surface area contributed by atoms with Crippen molar-refractivity contribution in [2.75, 3.05) is 32.8 Å². The second-order valence-corrected chi connectivity index (χ2v) is 5.65. The minimum absolute atomic E-state index is 0. The molecule has 0 bridgehead atoms. The van der Waals surface area contributed by atoms with Crippen molar-refractivity contribution in [1.29, 1.82) is 0 Å². The molecule has 0 aliphatic carbocycles. The van der Waals surface area contributed by atoms with Gasteiger partial charge in [0.25, 0.3) is 0 Å². The molecule has 6 heteroatoms. The van der Waals surface area contributed by atoms with Crippen LogP contribution in [0.5, 0.6) is 0 Å². The summed E-state index contributed by atoms with van der Waals surface area (Å²) in [6.07, 6.45) is 6.54. The molecule has 3 N–H and O–H groups in total. The molecule has 2 aliphatic rings. The molecule has 0 spiro atoms. The van der Waals surface area contributed by atoms with E-state index in [-0.39, 0.29) is 18.3 Å². The second kappa shape index (κ2) is 9.55. The zero-order chi connectivity index (χ0) is 13.5. The largest absolute Gasteiger partial charge is 0.381 e. The second-order valence-electron chi connectivity index (χ2n) is 5.65. The van der Waals surface area contributed by atoms with E-state index in [1.54, 1.807) is 0 Å². The van der Waals surface area contributed by atoms with Gasteiger partial charge in [0.15, 0.2) is 0 Å². The van der Waals surface area contributed by atoms with Crippen LogP contribution in [0.15, 0.2) is 0 Å². The third-order valence-electron chi connectivity index (χ3n) is 4.18.